The molecule has 6 aromatic rings. The Kier molecular flexibility index (Phi) is 8.73. The zero-order chi connectivity index (χ0) is 32.5. The van der Waals surface area contributed by atoms with E-state index in [0.29, 0.717) is 11.8 Å². The molecule has 0 N–H and O–H groups in total. The first-order valence-corrected chi connectivity index (χ1v) is 16.6. The Labute approximate surface area is 276 Å². The Morgan fingerprint density at radius 3 is 1.39 bits per heavy atom. The van der Waals surface area contributed by atoms with Crippen molar-refractivity contribution in [2.45, 2.75) is 67.2 Å². The lowest BCUT2D eigenvalue weighted by atomic mass is 9.99. The van der Waals surface area contributed by atoms with E-state index in [9.17, 15) is 0 Å². The van der Waals surface area contributed by atoms with Crippen LogP contribution in [0.3, 0.4) is 0 Å². The molecule has 232 valence electrons. The van der Waals surface area contributed by atoms with Crippen molar-refractivity contribution in [2.24, 2.45) is 0 Å². The molecule has 2 nitrogen and oxygen atoms in total. The fourth-order valence-corrected chi connectivity index (χ4v) is 6.55. The summed E-state index contributed by atoms with van der Waals surface area (Å²) in [7, 11) is 0. The number of benzene rings is 6. The summed E-state index contributed by atoms with van der Waals surface area (Å²) in [4.78, 5) is 4.88. The first-order chi connectivity index (χ1) is 22.1. The second-order valence-corrected chi connectivity index (χ2v) is 13.4. The van der Waals surface area contributed by atoms with E-state index in [2.05, 4.69) is 187 Å². The Morgan fingerprint density at radius 2 is 0.891 bits per heavy atom. The average Bonchev–Trinajstić information content (AvgIpc) is 3.04. The third-order valence-electron chi connectivity index (χ3n) is 9.15. The zero-order valence-corrected chi connectivity index (χ0v) is 28.6. The van der Waals surface area contributed by atoms with Crippen LogP contribution >= 0.6 is 0 Å². The van der Waals surface area contributed by atoms with Gasteiger partial charge in [0.1, 0.15) is 0 Å². The molecule has 6 rings (SSSR count). The van der Waals surface area contributed by atoms with Gasteiger partial charge in [0.25, 0.3) is 0 Å². The van der Waals surface area contributed by atoms with Gasteiger partial charge in [-0.25, -0.2) is 0 Å². The summed E-state index contributed by atoms with van der Waals surface area (Å²) in [6.07, 6.45) is 0. The van der Waals surface area contributed by atoms with E-state index in [1.807, 2.05) is 0 Å². The van der Waals surface area contributed by atoms with Crippen molar-refractivity contribution < 1.29 is 0 Å². The second kappa shape index (κ2) is 12.9. The highest BCUT2D eigenvalue weighted by Crippen LogP contribution is 2.46. The van der Waals surface area contributed by atoms with Crippen LogP contribution in [0.1, 0.15) is 72.9 Å². The molecule has 0 aliphatic carbocycles. The minimum atomic E-state index is 0.473. The minimum absolute atomic E-state index is 0.473. The van der Waals surface area contributed by atoms with Gasteiger partial charge >= 0.3 is 0 Å². The van der Waals surface area contributed by atoms with Crippen LogP contribution in [-0.4, -0.2) is 0 Å². The van der Waals surface area contributed by atoms with Crippen LogP contribution in [0, 0.1) is 27.7 Å². The monoisotopic (exact) mass is 602 g/mol. The second-order valence-electron chi connectivity index (χ2n) is 13.4. The van der Waals surface area contributed by atoms with Gasteiger partial charge in [0.2, 0.25) is 0 Å². The van der Waals surface area contributed by atoms with Gasteiger partial charge in [-0.05, 0) is 116 Å². The van der Waals surface area contributed by atoms with Crippen molar-refractivity contribution in [1.82, 2.24) is 0 Å². The van der Waals surface area contributed by atoms with Crippen molar-refractivity contribution in [1.29, 1.82) is 0 Å². The van der Waals surface area contributed by atoms with Gasteiger partial charge in [-0.15, -0.1) is 0 Å². The molecule has 0 saturated heterocycles. The largest absolute Gasteiger partial charge is 0.310 e. The highest BCUT2D eigenvalue weighted by atomic mass is 15.2. The van der Waals surface area contributed by atoms with Gasteiger partial charge in [0.15, 0.2) is 0 Å². The van der Waals surface area contributed by atoms with Crippen LogP contribution in [0.2, 0.25) is 0 Å². The average molecular weight is 603 g/mol. The lowest BCUT2D eigenvalue weighted by Crippen LogP contribution is -2.15. The number of hydrogen-bond donors (Lipinski definition) is 0. The highest BCUT2D eigenvalue weighted by molar-refractivity contribution is 6.03. The molecule has 0 fully saturated rings. The van der Waals surface area contributed by atoms with Crippen LogP contribution in [0.5, 0.6) is 0 Å². The molecule has 0 aromatic heterocycles. The molecule has 0 aliphatic heterocycles. The molecule has 0 bridgehead atoms. The minimum Gasteiger partial charge on any atom is -0.310 e. The first-order valence-electron chi connectivity index (χ1n) is 16.6. The Hall–Kier alpha value is -4.82. The number of nitrogens with zero attached hydrogens (tertiary/aromatic N) is 2. The molecular formula is C44H46N2. The smallest absolute Gasteiger partial charge is 0.0561 e. The standard InChI is InChI=1S/C44H46N2/c1-29(2)35-15-19-38(20-16-35)45(42-23-13-31(5)25-33(42)7)40-27-37-11-9-10-12-41(37)44(28-40)46(43-24-14-32(6)26-34(43)8)39-21-17-36(18-22-39)30(3)4/h9-30H,1-8H3. The summed E-state index contributed by atoms with van der Waals surface area (Å²) in [6.45, 7) is 17.8. The molecule has 0 saturated carbocycles. The van der Waals surface area contributed by atoms with Gasteiger partial charge < -0.3 is 9.80 Å². The predicted molar refractivity (Wildman–Crippen MR) is 200 cm³/mol. The molecule has 0 amide bonds. The fourth-order valence-electron chi connectivity index (χ4n) is 6.55. The van der Waals surface area contributed by atoms with Crippen molar-refractivity contribution in [3.05, 3.63) is 155 Å². The Morgan fingerprint density at radius 1 is 0.413 bits per heavy atom. The molecule has 0 aliphatic rings. The first kappa shape index (κ1) is 31.2. The van der Waals surface area contributed by atoms with Crippen molar-refractivity contribution >= 4 is 44.9 Å². The van der Waals surface area contributed by atoms with Gasteiger partial charge in [0.05, 0.1) is 5.69 Å². The Balaban J connectivity index is 1.64. The van der Waals surface area contributed by atoms with E-state index < -0.39 is 0 Å². The summed E-state index contributed by atoms with van der Waals surface area (Å²) in [5, 5.41) is 2.42. The van der Waals surface area contributed by atoms with E-state index in [1.165, 1.54) is 55.5 Å². The molecule has 0 unspecified atom stereocenters. The van der Waals surface area contributed by atoms with Crippen LogP contribution in [0.4, 0.5) is 34.1 Å². The summed E-state index contributed by atoms with van der Waals surface area (Å²) in [5.74, 6) is 0.949. The summed E-state index contributed by atoms with van der Waals surface area (Å²) < 4.78 is 0. The van der Waals surface area contributed by atoms with Crippen LogP contribution in [-0.2, 0) is 0 Å². The van der Waals surface area contributed by atoms with E-state index in [4.69, 9.17) is 0 Å². The van der Waals surface area contributed by atoms with Gasteiger partial charge in [-0.1, -0.05) is 112 Å². The molecule has 0 heterocycles. The summed E-state index contributed by atoms with van der Waals surface area (Å²) in [6, 6.07) is 45.3. The summed E-state index contributed by atoms with van der Waals surface area (Å²) in [5.41, 5.74) is 14.7. The molecule has 2 heteroatoms. The maximum Gasteiger partial charge on any atom is 0.0561 e. The van der Waals surface area contributed by atoms with Crippen molar-refractivity contribution in [3.8, 4) is 0 Å². The Bertz CT molecular complexity index is 1980. The number of aryl methyl sites for hydroxylation is 4. The lowest BCUT2D eigenvalue weighted by Gasteiger charge is -2.32. The molecule has 0 atom stereocenters. The van der Waals surface area contributed by atoms with Crippen molar-refractivity contribution in [3.63, 3.8) is 0 Å². The van der Waals surface area contributed by atoms with E-state index in [1.54, 1.807) is 0 Å². The molecule has 0 spiro atoms. The van der Waals surface area contributed by atoms with Gasteiger partial charge in [0, 0.05) is 33.8 Å². The molecular weight excluding hydrogens is 556 g/mol. The topological polar surface area (TPSA) is 6.48 Å². The van der Waals surface area contributed by atoms with Crippen LogP contribution in [0.25, 0.3) is 10.8 Å². The number of fused-ring (bicyclic) bond motifs is 1. The maximum absolute atomic E-state index is 2.45. The van der Waals surface area contributed by atoms with E-state index >= 15 is 0 Å². The SMILES string of the molecule is Cc1ccc(N(c2ccc(C(C)C)cc2)c2cc(N(c3ccc(C(C)C)cc3)c3ccc(C)cc3C)c3ccccc3c2)c(C)c1. The predicted octanol–water partition coefficient (Wildman–Crippen LogP) is 13.3. The highest BCUT2D eigenvalue weighted by Gasteiger charge is 2.22. The third-order valence-corrected chi connectivity index (χ3v) is 9.15. The molecule has 46 heavy (non-hydrogen) atoms. The summed E-state index contributed by atoms with van der Waals surface area (Å²) >= 11 is 0. The molecule has 6 aromatic carbocycles. The number of hydrogen-bond acceptors (Lipinski definition) is 2. The number of anilines is 6. The zero-order valence-electron chi connectivity index (χ0n) is 28.6. The van der Waals surface area contributed by atoms with Gasteiger partial charge in [-0.3, -0.25) is 0 Å². The van der Waals surface area contributed by atoms with Crippen molar-refractivity contribution in [2.75, 3.05) is 9.80 Å². The third kappa shape index (κ3) is 6.17. The molecule has 0 radical (unpaired) electrons. The van der Waals surface area contributed by atoms with Crippen LogP contribution in [0.15, 0.2) is 121 Å². The lowest BCUT2D eigenvalue weighted by molar-refractivity contribution is 0.866. The maximum atomic E-state index is 2.45. The van der Waals surface area contributed by atoms with Crippen LogP contribution < -0.4 is 9.80 Å². The number of rotatable bonds is 8. The fraction of sp³-hybridized carbons (Fsp3) is 0.227. The van der Waals surface area contributed by atoms with Gasteiger partial charge in [-0.2, -0.15) is 0 Å². The quantitative estimate of drug-likeness (QED) is 0.171. The van der Waals surface area contributed by atoms with E-state index in [0.717, 1.165) is 22.7 Å². The normalized spacial score (nSPS) is 11.4. The van der Waals surface area contributed by atoms with E-state index in [-0.39, 0.29) is 0 Å².